The fourth-order valence-corrected chi connectivity index (χ4v) is 5.15. The molecule has 2 unspecified atom stereocenters. The minimum atomic E-state index is -0.358. The zero-order valence-electron chi connectivity index (χ0n) is 17.1. The average Bonchev–Trinajstić information content (AvgIpc) is 3.32. The minimum Gasteiger partial charge on any atom is -0.324 e. The van der Waals surface area contributed by atoms with Crippen LogP contribution in [0.5, 0.6) is 0 Å². The molecule has 5 rings (SSSR count). The number of hydrogen-bond acceptors (Lipinski definition) is 4. The zero-order valence-corrected chi connectivity index (χ0v) is 17.9. The Hall–Kier alpha value is -3.46. The van der Waals surface area contributed by atoms with E-state index in [1.807, 2.05) is 11.4 Å². The summed E-state index contributed by atoms with van der Waals surface area (Å²) in [5.74, 6) is -0.474. The van der Waals surface area contributed by atoms with E-state index >= 15 is 0 Å². The van der Waals surface area contributed by atoms with Gasteiger partial charge in [0.25, 0.3) is 11.5 Å². The molecular weight excluding hydrogens is 431 g/mol. The predicted molar refractivity (Wildman–Crippen MR) is 121 cm³/mol. The van der Waals surface area contributed by atoms with Gasteiger partial charge in [-0.3, -0.25) is 9.59 Å². The first kappa shape index (κ1) is 20.4. The number of urea groups is 1. The van der Waals surface area contributed by atoms with Crippen molar-refractivity contribution in [3.63, 3.8) is 0 Å². The Bertz CT molecular complexity index is 1220. The van der Waals surface area contributed by atoms with E-state index < -0.39 is 0 Å². The van der Waals surface area contributed by atoms with Crippen molar-refractivity contribution in [1.82, 2.24) is 9.47 Å². The summed E-state index contributed by atoms with van der Waals surface area (Å²) in [6, 6.07) is 12.4. The van der Waals surface area contributed by atoms with Crippen molar-refractivity contribution >= 4 is 34.6 Å². The Kier molecular flexibility index (Phi) is 5.26. The summed E-state index contributed by atoms with van der Waals surface area (Å²) in [7, 11) is 0. The van der Waals surface area contributed by atoms with Gasteiger partial charge in [0.1, 0.15) is 11.5 Å². The smallest absolute Gasteiger partial charge is 0.321 e. The van der Waals surface area contributed by atoms with Gasteiger partial charge in [0.05, 0.1) is 4.88 Å². The van der Waals surface area contributed by atoms with E-state index in [1.54, 1.807) is 27.7 Å². The van der Waals surface area contributed by atoms with Crippen molar-refractivity contribution in [3.8, 4) is 0 Å². The first-order valence-electron chi connectivity index (χ1n) is 10.4. The maximum absolute atomic E-state index is 13.1. The number of anilines is 2. The number of pyridine rings is 1. The fourth-order valence-electron chi connectivity index (χ4n) is 4.53. The summed E-state index contributed by atoms with van der Waals surface area (Å²) < 4.78 is 14.8. The quantitative estimate of drug-likeness (QED) is 0.631. The number of benzene rings is 1. The Balaban J connectivity index is 1.33. The molecule has 2 bridgehead atoms. The number of amides is 3. The van der Waals surface area contributed by atoms with Gasteiger partial charge >= 0.3 is 6.03 Å². The summed E-state index contributed by atoms with van der Waals surface area (Å²) in [5.41, 5.74) is 1.46. The minimum absolute atomic E-state index is 0.0382. The number of thiophene rings is 1. The number of carbonyl (C=O) groups excluding carboxylic acids is 2. The van der Waals surface area contributed by atoms with Crippen LogP contribution in [0.2, 0.25) is 0 Å². The van der Waals surface area contributed by atoms with Crippen LogP contribution < -0.4 is 16.2 Å². The molecular formula is C23H21FN4O3S. The first-order chi connectivity index (χ1) is 15.5. The second-order valence-corrected chi connectivity index (χ2v) is 9.11. The monoisotopic (exact) mass is 452 g/mol. The van der Waals surface area contributed by atoms with E-state index in [0.29, 0.717) is 30.2 Å². The number of likely N-dealkylation sites (tertiary alicyclic amines) is 1. The lowest BCUT2D eigenvalue weighted by molar-refractivity contribution is 0.103. The maximum Gasteiger partial charge on any atom is 0.321 e. The number of carbonyl (C=O) groups is 2. The molecule has 2 aliphatic rings. The largest absolute Gasteiger partial charge is 0.324 e. The van der Waals surface area contributed by atoms with Crippen molar-refractivity contribution in [2.45, 2.75) is 18.9 Å². The van der Waals surface area contributed by atoms with Crippen molar-refractivity contribution in [2.24, 2.45) is 5.92 Å². The molecule has 1 aromatic carbocycles. The average molecular weight is 453 g/mol. The van der Waals surface area contributed by atoms with Crippen LogP contribution in [-0.4, -0.2) is 34.5 Å². The van der Waals surface area contributed by atoms with Crippen LogP contribution in [0.3, 0.4) is 0 Å². The van der Waals surface area contributed by atoms with Crippen molar-refractivity contribution in [3.05, 3.63) is 80.7 Å². The zero-order chi connectivity index (χ0) is 22.2. The molecule has 9 heteroatoms. The SMILES string of the molecule is O=C(Nc1ccc2n(c1=O)CC1CC2CN(C(=O)Nc2ccc(F)cc2)C1)c1cccs1. The summed E-state index contributed by atoms with van der Waals surface area (Å²) >= 11 is 1.32. The molecule has 0 spiro atoms. The molecule has 2 aliphatic heterocycles. The summed E-state index contributed by atoms with van der Waals surface area (Å²) in [6.07, 6.45) is 0.903. The summed E-state index contributed by atoms with van der Waals surface area (Å²) in [5, 5.41) is 7.35. The fraction of sp³-hybridized carbons (Fsp3) is 0.261. The summed E-state index contributed by atoms with van der Waals surface area (Å²) in [4.78, 5) is 40.5. The van der Waals surface area contributed by atoms with Gasteiger partial charge in [-0.2, -0.15) is 0 Å². The van der Waals surface area contributed by atoms with Crippen LogP contribution in [0.1, 0.15) is 27.7 Å². The standard InChI is InChI=1S/C23H21FN4O3S/c24-16-3-5-17(6-4-16)25-23(31)27-11-14-10-15(13-27)19-8-7-18(22(30)28(19)12-14)26-21(29)20-2-1-9-32-20/h1-9,14-15H,10-13H2,(H,25,31)(H,26,29). The highest BCUT2D eigenvalue weighted by atomic mass is 32.1. The van der Waals surface area contributed by atoms with Crippen LogP contribution in [0, 0.1) is 11.7 Å². The van der Waals surface area contributed by atoms with Crippen LogP contribution in [0.25, 0.3) is 0 Å². The number of piperidine rings is 1. The van der Waals surface area contributed by atoms with Crippen molar-refractivity contribution in [1.29, 1.82) is 0 Å². The molecule has 1 saturated heterocycles. The predicted octanol–water partition coefficient (Wildman–Crippen LogP) is 3.95. The molecule has 0 aliphatic carbocycles. The molecule has 2 atom stereocenters. The molecule has 0 radical (unpaired) electrons. The van der Waals surface area contributed by atoms with E-state index in [9.17, 15) is 18.8 Å². The van der Waals surface area contributed by atoms with Gasteiger partial charge < -0.3 is 20.1 Å². The number of aromatic nitrogens is 1. The molecule has 32 heavy (non-hydrogen) atoms. The van der Waals surface area contributed by atoms with Gasteiger partial charge in [-0.05, 0) is 60.2 Å². The lowest BCUT2D eigenvalue weighted by Gasteiger charge is -2.42. The normalized spacial score (nSPS) is 19.2. The van der Waals surface area contributed by atoms with Crippen molar-refractivity contribution in [2.75, 3.05) is 23.7 Å². The topological polar surface area (TPSA) is 83.4 Å². The lowest BCUT2D eigenvalue weighted by Crippen LogP contribution is -2.50. The molecule has 164 valence electrons. The number of rotatable bonds is 3. The molecule has 7 nitrogen and oxygen atoms in total. The number of fused-ring (bicyclic) bond motifs is 4. The van der Waals surface area contributed by atoms with Crippen LogP contribution >= 0.6 is 11.3 Å². The van der Waals surface area contributed by atoms with Crippen LogP contribution in [-0.2, 0) is 6.54 Å². The number of nitrogens with zero attached hydrogens (tertiary/aromatic N) is 2. The highest BCUT2D eigenvalue weighted by molar-refractivity contribution is 7.12. The van der Waals surface area contributed by atoms with Gasteiger partial charge in [-0.1, -0.05) is 6.07 Å². The van der Waals surface area contributed by atoms with Crippen LogP contribution in [0.15, 0.2) is 58.7 Å². The molecule has 0 saturated carbocycles. The van der Waals surface area contributed by atoms with E-state index in [2.05, 4.69) is 10.6 Å². The lowest BCUT2D eigenvalue weighted by atomic mass is 9.83. The third kappa shape index (κ3) is 3.91. The van der Waals surface area contributed by atoms with Gasteiger partial charge in [-0.15, -0.1) is 11.3 Å². The van der Waals surface area contributed by atoms with Gasteiger partial charge in [0.15, 0.2) is 0 Å². The van der Waals surface area contributed by atoms with Gasteiger partial charge in [0, 0.05) is 36.9 Å². The first-order valence-corrected chi connectivity index (χ1v) is 11.3. The van der Waals surface area contributed by atoms with Crippen LogP contribution in [0.4, 0.5) is 20.6 Å². The second kappa shape index (κ2) is 8.23. The molecule has 3 amide bonds. The number of hydrogen-bond donors (Lipinski definition) is 2. The van der Waals surface area contributed by atoms with E-state index in [0.717, 1.165) is 12.1 Å². The van der Waals surface area contributed by atoms with E-state index in [1.165, 1.54) is 35.6 Å². The molecule has 4 heterocycles. The number of nitrogens with one attached hydrogen (secondary N) is 2. The Morgan fingerprint density at radius 2 is 1.81 bits per heavy atom. The summed E-state index contributed by atoms with van der Waals surface area (Å²) in [6.45, 7) is 1.51. The van der Waals surface area contributed by atoms with Gasteiger partial charge in [-0.25, -0.2) is 9.18 Å². The Labute approximate surface area is 187 Å². The number of halogens is 1. The molecule has 2 N–H and O–H groups in total. The van der Waals surface area contributed by atoms with Crippen molar-refractivity contribution < 1.29 is 14.0 Å². The molecule has 2 aromatic heterocycles. The van der Waals surface area contributed by atoms with E-state index in [4.69, 9.17) is 0 Å². The highest BCUT2D eigenvalue weighted by Gasteiger charge is 2.36. The maximum atomic E-state index is 13.1. The molecule has 3 aromatic rings. The third-order valence-corrected chi connectivity index (χ3v) is 6.85. The van der Waals surface area contributed by atoms with Gasteiger partial charge in [0.2, 0.25) is 0 Å². The Morgan fingerprint density at radius 1 is 1.00 bits per heavy atom. The third-order valence-electron chi connectivity index (χ3n) is 5.98. The van der Waals surface area contributed by atoms with E-state index in [-0.39, 0.29) is 40.8 Å². The second-order valence-electron chi connectivity index (χ2n) is 8.16. The molecule has 1 fully saturated rings. The highest BCUT2D eigenvalue weighted by Crippen LogP contribution is 2.35. The Morgan fingerprint density at radius 3 is 2.56 bits per heavy atom.